The first-order valence-electron chi connectivity index (χ1n) is 8.60. The molecular weight excluding hydrogens is 391 g/mol. The molecule has 1 aromatic carbocycles. The van der Waals surface area contributed by atoms with Crippen LogP contribution in [0, 0.1) is 0 Å². The minimum Gasteiger partial charge on any atom is -0.352 e. The Morgan fingerprint density at radius 1 is 1.30 bits per heavy atom. The average Bonchev–Trinajstić information content (AvgIpc) is 3.14. The van der Waals surface area contributed by atoms with Crippen molar-refractivity contribution < 1.29 is 9.59 Å². The van der Waals surface area contributed by atoms with Gasteiger partial charge in [0.2, 0.25) is 0 Å². The topological polar surface area (TPSA) is 101 Å². The van der Waals surface area contributed by atoms with Crippen LogP contribution in [0.3, 0.4) is 0 Å². The van der Waals surface area contributed by atoms with E-state index in [1.807, 2.05) is 6.92 Å². The number of hydrogen-bond acceptors (Lipinski definition) is 5. The first-order valence-corrected chi connectivity index (χ1v) is 8.98. The Bertz CT molecular complexity index is 804. The van der Waals surface area contributed by atoms with Crippen LogP contribution in [0.15, 0.2) is 24.4 Å². The van der Waals surface area contributed by atoms with E-state index in [4.69, 9.17) is 11.6 Å². The summed E-state index contributed by atoms with van der Waals surface area (Å²) in [5.74, 6) is -0.721. The van der Waals surface area contributed by atoms with E-state index in [-0.39, 0.29) is 30.0 Å². The van der Waals surface area contributed by atoms with Crippen molar-refractivity contribution in [3.05, 3.63) is 40.7 Å². The van der Waals surface area contributed by atoms with Gasteiger partial charge in [-0.3, -0.25) is 9.59 Å². The molecule has 1 saturated heterocycles. The van der Waals surface area contributed by atoms with E-state index in [0.29, 0.717) is 22.8 Å². The van der Waals surface area contributed by atoms with E-state index in [2.05, 4.69) is 26.3 Å². The van der Waals surface area contributed by atoms with Gasteiger partial charge in [-0.05, 0) is 51.1 Å². The van der Waals surface area contributed by atoms with E-state index < -0.39 is 5.91 Å². The first kappa shape index (κ1) is 21.1. The second kappa shape index (κ2) is 9.68. The van der Waals surface area contributed by atoms with Gasteiger partial charge in [0.25, 0.3) is 11.8 Å². The molecule has 2 amide bonds. The molecule has 0 bridgehead atoms. The molecule has 0 aliphatic carbocycles. The molecule has 1 aromatic heterocycles. The monoisotopic (exact) mass is 412 g/mol. The molecule has 8 nitrogen and oxygen atoms in total. The molecule has 0 radical (unpaired) electrons. The number of carbonyl (C=O) groups excluding carboxylic acids is 2. The van der Waals surface area contributed by atoms with Crippen molar-refractivity contribution in [1.82, 2.24) is 25.6 Å². The standard InChI is InChI=1S/C17H21ClN6O2.ClH/c1-2-20-16(25)13-9-11(18)3-4-14(13)21-17(26)15-10-24(23-22-15)12-5-7-19-8-6-12;/h3-4,9-10,12,19H,2,5-8H2,1H3,(H,20,25)(H,21,26);1H. The highest BCUT2D eigenvalue weighted by molar-refractivity contribution is 6.31. The van der Waals surface area contributed by atoms with Crippen LogP contribution in [-0.4, -0.2) is 46.4 Å². The van der Waals surface area contributed by atoms with Crippen LogP contribution in [0.25, 0.3) is 0 Å². The Morgan fingerprint density at radius 3 is 2.74 bits per heavy atom. The number of halogens is 2. The summed E-state index contributed by atoms with van der Waals surface area (Å²) in [5.41, 5.74) is 0.889. The largest absolute Gasteiger partial charge is 0.352 e. The zero-order chi connectivity index (χ0) is 18.5. The normalized spacial score (nSPS) is 14.3. The zero-order valence-electron chi connectivity index (χ0n) is 14.9. The molecule has 0 unspecified atom stereocenters. The fourth-order valence-corrected chi connectivity index (χ4v) is 3.06. The van der Waals surface area contributed by atoms with Gasteiger partial charge in [-0.15, -0.1) is 17.5 Å². The van der Waals surface area contributed by atoms with Gasteiger partial charge in [0.1, 0.15) is 0 Å². The summed E-state index contributed by atoms with van der Waals surface area (Å²) < 4.78 is 1.74. The molecule has 10 heteroatoms. The second-order valence-corrected chi connectivity index (χ2v) is 6.50. The van der Waals surface area contributed by atoms with Crippen LogP contribution in [0.5, 0.6) is 0 Å². The molecule has 2 heterocycles. The predicted molar refractivity (Wildman–Crippen MR) is 106 cm³/mol. The number of benzene rings is 1. The predicted octanol–water partition coefficient (Wildman–Crippen LogP) is 2.28. The number of rotatable bonds is 5. The Morgan fingerprint density at radius 2 is 2.04 bits per heavy atom. The van der Waals surface area contributed by atoms with Gasteiger partial charge in [-0.1, -0.05) is 16.8 Å². The summed E-state index contributed by atoms with van der Waals surface area (Å²) in [6.07, 6.45) is 3.54. The van der Waals surface area contributed by atoms with E-state index in [9.17, 15) is 9.59 Å². The van der Waals surface area contributed by atoms with E-state index in [0.717, 1.165) is 25.9 Å². The summed E-state index contributed by atoms with van der Waals surface area (Å²) in [7, 11) is 0. The molecule has 0 saturated carbocycles. The van der Waals surface area contributed by atoms with E-state index in [1.165, 1.54) is 6.07 Å². The van der Waals surface area contributed by atoms with E-state index in [1.54, 1.807) is 23.0 Å². The van der Waals surface area contributed by atoms with Crippen molar-refractivity contribution in [2.24, 2.45) is 0 Å². The average molecular weight is 413 g/mol. The molecular formula is C17H22Cl2N6O2. The van der Waals surface area contributed by atoms with Crippen molar-refractivity contribution in [3.8, 4) is 0 Å². The third-order valence-electron chi connectivity index (χ3n) is 4.24. The number of hydrogen-bond donors (Lipinski definition) is 3. The summed E-state index contributed by atoms with van der Waals surface area (Å²) in [6, 6.07) is 4.98. The fraction of sp³-hybridized carbons (Fsp3) is 0.412. The maximum atomic E-state index is 12.5. The highest BCUT2D eigenvalue weighted by Gasteiger charge is 2.20. The van der Waals surface area contributed by atoms with Crippen molar-refractivity contribution in [2.75, 3.05) is 25.0 Å². The third kappa shape index (κ3) is 5.18. The Labute approximate surface area is 168 Å². The molecule has 27 heavy (non-hydrogen) atoms. The minimum atomic E-state index is -0.418. The Kier molecular flexibility index (Phi) is 7.58. The van der Waals surface area contributed by atoms with Gasteiger partial charge >= 0.3 is 0 Å². The number of anilines is 1. The molecule has 2 aromatic rings. The molecule has 146 valence electrons. The van der Waals surface area contributed by atoms with Gasteiger partial charge < -0.3 is 16.0 Å². The number of nitrogens with one attached hydrogen (secondary N) is 3. The van der Waals surface area contributed by atoms with Crippen molar-refractivity contribution >= 4 is 41.5 Å². The maximum Gasteiger partial charge on any atom is 0.277 e. The van der Waals surface area contributed by atoms with Gasteiger partial charge in [-0.25, -0.2) is 4.68 Å². The quantitative estimate of drug-likeness (QED) is 0.698. The molecule has 1 aliphatic heterocycles. The van der Waals surface area contributed by atoms with Gasteiger partial charge in [0, 0.05) is 11.6 Å². The number of carbonyl (C=O) groups is 2. The molecule has 3 rings (SSSR count). The Balaban J connectivity index is 0.00000261. The molecule has 0 atom stereocenters. The lowest BCUT2D eigenvalue weighted by atomic mass is 10.1. The van der Waals surface area contributed by atoms with Crippen molar-refractivity contribution in [3.63, 3.8) is 0 Å². The fourth-order valence-electron chi connectivity index (χ4n) is 2.89. The lowest BCUT2D eigenvalue weighted by molar-refractivity contribution is 0.0956. The maximum absolute atomic E-state index is 12.5. The van der Waals surface area contributed by atoms with Crippen LogP contribution in [-0.2, 0) is 0 Å². The van der Waals surface area contributed by atoms with E-state index >= 15 is 0 Å². The summed E-state index contributed by atoms with van der Waals surface area (Å²) >= 11 is 5.98. The minimum absolute atomic E-state index is 0. The van der Waals surface area contributed by atoms with Crippen molar-refractivity contribution in [2.45, 2.75) is 25.8 Å². The van der Waals surface area contributed by atoms with Crippen LogP contribution < -0.4 is 16.0 Å². The summed E-state index contributed by atoms with van der Waals surface area (Å²) in [5, 5.41) is 17.2. The molecule has 1 fully saturated rings. The van der Waals surface area contributed by atoms with Gasteiger partial charge in [0.15, 0.2) is 5.69 Å². The SMILES string of the molecule is CCNC(=O)c1cc(Cl)ccc1NC(=O)c1cn(C2CCNCC2)nn1.Cl. The van der Waals surface area contributed by atoms with Crippen LogP contribution in [0.4, 0.5) is 5.69 Å². The number of amides is 2. The summed E-state index contributed by atoms with van der Waals surface area (Å²) in [6.45, 7) is 4.14. The number of piperidine rings is 1. The van der Waals surface area contributed by atoms with Crippen LogP contribution in [0.2, 0.25) is 5.02 Å². The number of nitrogens with zero attached hydrogens (tertiary/aromatic N) is 3. The first-order chi connectivity index (χ1) is 12.6. The van der Waals surface area contributed by atoms with Gasteiger partial charge in [-0.2, -0.15) is 0 Å². The van der Waals surface area contributed by atoms with Crippen LogP contribution in [0.1, 0.15) is 46.7 Å². The lowest BCUT2D eigenvalue weighted by Gasteiger charge is -2.22. The van der Waals surface area contributed by atoms with Crippen LogP contribution >= 0.6 is 24.0 Å². The smallest absolute Gasteiger partial charge is 0.277 e. The Hall–Kier alpha value is -2.16. The lowest BCUT2D eigenvalue weighted by Crippen LogP contribution is -2.29. The van der Waals surface area contributed by atoms with Gasteiger partial charge in [0.05, 0.1) is 23.5 Å². The molecule has 0 spiro atoms. The third-order valence-corrected chi connectivity index (χ3v) is 4.47. The number of aromatic nitrogens is 3. The zero-order valence-corrected chi connectivity index (χ0v) is 16.4. The highest BCUT2D eigenvalue weighted by atomic mass is 35.5. The summed E-state index contributed by atoms with van der Waals surface area (Å²) in [4.78, 5) is 24.7. The second-order valence-electron chi connectivity index (χ2n) is 6.07. The van der Waals surface area contributed by atoms with Crippen molar-refractivity contribution in [1.29, 1.82) is 0 Å². The molecule has 3 N–H and O–H groups in total. The highest BCUT2D eigenvalue weighted by Crippen LogP contribution is 2.22. The molecule has 1 aliphatic rings.